The Hall–Kier alpha value is -1.58. The molecule has 0 radical (unpaired) electrons. The minimum atomic E-state index is -4.62. The van der Waals surface area contributed by atoms with E-state index in [1.54, 1.807) is 67.6 Å². The lowest BCUT2D eigenvalue weighted by Crippen LogP contribution is -2.57. The van der Waals surface area contributed by atoms with Crippen LogP contribution >= 0.6 is 7.14 Å². The number of halogens is 3. The third kappa shape index (κ3) is 3.73. The van der Waals surface area contributed by atoms with Gasteiger partial charge in [0, 0.05) is 16.8 Å². The lowest BCUT2D eigenvalue weighted by Gasteiger charge is -2.35. The molecule has 0 aliphatic rings. The molecule has 0 aliphatic heterocycles. The van der Waals surface area contributed by atoms with Crippen LogP contribution in [0.15, 0.2) is 60.7 Å². The molecule has 2 aromatic carbocycles. The molecular weight excluding hydrogens is 334 g/mol. The molecule has 24 heavy (non-hydrogen) atoms. The molecule has 0 aromatic heterocycles. The summed E-state index contributed by atoms with van der Waals surface area (Å²) in [4.78, 5) is 0. The van der Waals surface area contributed by atoms with Gasteiger partial charge in [0.1, 0.15) is 12.7 Å². The summed E-state index contributed by atoms with van der Waals surface area (Å²) in [5.41, 5.74) is 3.27. The standard InChI is InChI=1S/C18H21F3NOP/c1-2-13-17(22,18(19,20)21)14-24(23,15-9-5-3-6-10-15)16-11-7-4-8-12-16/h3-12H,2,13-14,22H2,1H3. The van der Waals surface area contributed by atoms with Crippen molar-refractivity contribution in [2.45, 2.75) is 31.5 Å². The topological polar surface area (TPSA) is 43.1 Å². The molecule has 130 valence electrons. The Morgan fingerprint density at radius 1 is 0.917 bits per heavy atom. The van der Waals surface area contributed by atoms with Crippen LogP contribution in [0.25, 0.3) is 0 Å². The Morgan fingerprint density at radius 3 is 1.67 bits per heavy atom. The van der Waals surface area contributed by atoms with Gasteiger partial charge in [-0.15, -0.1) is 0 Å². The summed E-state index contributed by atoms with van der Waals surface area (Å²) in [7, 11) is -3.52. The van der Waals surface area contributed by atoms with E-state index < -0.39 is 25.0 Å². The second-order valence-electron chi connectivity index (χ2n) is 5.97. The lowest BCUT2D eigenvalue weighted by atomic mass is 9.97. The van der Waals surface area contributed by atoms with Crippen molar-refractivity contribution >= 4 is 17.8 Å². The van der Waals surface area contributed by atoms with Gasteiger partial charge in [0.2, 0.25) is 0 Å². The highest BCUT2D eigenvalue weighted by Gasteiger charge is 2.54. The zero-order valence-electron chi connectivity index (χ0n) is 13.5. The SMILES string of the molecule is CCCC(N)(CP(=O)(c1ccccc1)c1ccccc1)C(F)(F)F. The van der Waals surface area contributed by atoms with Gasteiger partial charge >= 0.3 is 6.18 Å². The molecule has 2 N–H and O–H groups in total. The second-order valence-corrected chi connectivity index (χ2v) is 8.80. The smallest absolute Gasteiger partial charge is 0.317 e. The summed E-state index contributed by atoms with van der Waals surface area (Å²) >= 11 is 0. The molecule has 0 saturated carbocycles. The zero-order chi connectivity index (χ0) is 17.8. The van der Waals surface area contributed by atoms with Crippen molar-refractivity contribution in [1.82, 2.24) is 0 Å². The number of nitrogens with two attached hydrogens (primary N) is 1. The van der Waals surface area contributed by atoms with E-state index in [9.17, 15) is 17.7 Å². The Labute approximate surface area is 140 Å². The molecule has 0 fully saturated rings. The predicted octanol–water partition coefficient (Wildman–Crippen LogP) is 4.06. The molecule has 6 heteroatoms. The molecule has 0 amide bonds. The monoisotopic (exact) mass is 355 g/mol. The Bertz CT molecular complexity index is 660. The van der Waals surface area contributed by atoms with Crippen LogP contribution in [0.5, 0.6) is 0 Å². The second kappa shape index (κ2) is 7.12. The molecule has 2 aromatic rings. The van der Waals surface area contributed by atoms with E-state index in [4.69, 9.17) is 5.73 Å². The fourth-order valence-electron chi connectivity index (χ4n) is 2.82. The number of hydrogen-bond acceptors (Lipinski definition) is 2. The fraction of sp³-hybridized carbons (Fsp3) is 0.333. The minimum Gasteiger partial charge on any atom is -0.317 e. The molecule has 0 aliphatic carbocycles. The number of benzene rings is 2. The van der Waals surface area contributed by atoms with Gasteiger partial charge in [-0.1, -0.05) is 74.0 Å². The molecule has 2 rings (SSSR count). The molecule has 1 atom stereocenters. The summed E-state index contributed by atoms with van der Waals surface area (Å²) in [6.07, 6.45) is -5.26. The summed E-state index contributed by atoms with van der Waals surface area (Å²) in [6, 6.07) is 16.6. The van der Waals surface area contributed by atoms with Crippen LogP contribution in [-0.2, 0) is 4.57 Å². The number of rotatable bonds is 6. The van der Waals surface area contributed by atoms with Crippen molar-refractivity contribution in [2.75, 3.05) is 6.16 Å². The summed E-state index contributed by atoms with van der Waals surface area (Å²) in [5, 5.41) is 0.790. The third-order valence-electron chi connectivity index (χ3n) is 4.11. The van der Waals surface area contributed by atoms with E-state index in [1.807, 2.05) is 0 Å². The van der Waals surface area contributed by atoms with Crippen molar-refractivity contribution < 1.29 is 17.7 Å². The molecule has 0 spiro atoms. The molecule has 1 unspecified atom stereocenters. The van der Waals surface area contributed by atoms with Gasteiger partial charge in [-0.3, -0.25) is 0 Å². The first-order chi connectivity index (χ1) is 11.2. The molecule has 0 heterocycles. The van der Waals surface area contributed by atoms with Gasteiger partial charge in [0.05, 0.1) is 0 Å². The first-order valence-electron chi connectivity index (χ1n) is 7.79. The normalized spacial score (nSPS) is 15.0. The van der Waals surface area contributed by atoms with E-state index in [-0.39, 0.29) is 12.8 Å². The van der Waals surface area contributed by atoms with Crippen molar-refractivity contribution in [1.29, 1.82) is 0 Å². The van der Waals surface area contributed by atoms with Crippen LogP contribution in [0, 0.1) is 0 Å². The average molecular weight is 355 g/mol. The van der Waals surface area contributed by atoms with Gasteiger partial charge in [0.15, 0.2) is 0 Å². The zero-order valence-corrected chi connectivity index (χ0v) is 14.4. The lowest BCUT2D eigenvalue weighted by molar-refractivity contribution is -0.181. The van der Waals surface area contributed by atoms with Crippen molar-refractivity contribution in [3.8, 4) is 0 Å². The molecule has 2 nitrogen and oxygen atoms in total. The van der Waals surface area contributed by atoms with E-state index in [1.165, 1.54) is 0 Å². The van der Waals surface area contributed by atoms with E-state index in [2.05, 4.69) is 0 Å². The number of hydrogen-bond donors (Lipinski definition) is 1. The highest BCUT2D eigenvalue weighted by Crippen LogP contribution is 2.50. The van der Waals surface area contributed by atoms with Crippen molar-refractivity contribution in [3.63, 3.8) is 0 Å². The largest absolute Gasteiger partial charge is 0.406 e. The van der Waals surface area contributed by atoms with Crippen LogP contribution in [0.2, 0.25) is 0 Å². The summed E-state index contributed by atoms with van der Waals surface area (Å²) in [5.74, 6) is 0. The quantitative estimate of drug-likeness (QED) is 0.794. The first kappa shape index (κ1) is 18.8. The Balaban J connectivity index is 2.58. The van der Waals surface area contributed by atoms with Crippen LogP contribution < -0.4 is 16.3 Å². The number of alkyl halides is 3. The fourth-order valence-corrected chi connectivity index (χ4v) is 5.93. The first-order valence-corrected chi connectivity index (χ1v) is 9.68. The van der Waals surface area contributed by atoms with Gasteiger partial charge in [-0.2, -0.15) is 13.2 Å². The predicted molar refractivity (Wildman–Crippen MR) is 92.5 cm³/mol. The van der Waals surface area contributed by atoms with Crippen molar-refractivity contribution in [2.24, 2.45) is 5.73 Å². The van der Waals surface area contributed by atoms with Gasteiger partial charge in [-0.05, 0) is 6.42 Å². The highest BCUT2D eigenvalue weighted by atomic mass is 31.2. The minimum absolute atomic E-state index is 0.263. The van der Waals surface area contributed by atoms with Gasteiger partial charge in [0.25, 0.3) is 0 Å². The Kier molecular flexibility index (Phi) is 5.56. The maximum Gasteiger partial charge on any atom is 0.406 e. The highest BCUT2D eigenvalue weighted by molar-refractivity contribution is 7.78. The Morgan fingerprint density at radius 2 is 1.33 bits per heavy atom. The molecule has 0 bridgehead atoms. The maximum atomic E-state index is 13.8. The van der Waals surface area contributed by atoms with E-state index >= 15 is 0 Å². The van der Waals surface area contributed by atoms with Crippen LogP contribution in [0.1, 0.15) is 19.8 Å². The van der Waals surface area contributed by atoms with Crippen LogP contribution in [0.4, 0.5) is 13.2 Å². The van der Waals surface area contributed by atoms with Crippen LogP contribution in [-0.4, -0.2) is 17.9 Å². The van der Waals surface area contributed by atoms with Gasteiger partial charge in [-0.25, -0.2) is 0 Å². The van der Waals surface area contributed by atoms with Gasteiger partial charge < -0.3 is 10.3 Å². The van der Waals surface area contributed by atoms with E-state index in [0.717, 1.165) is 0 Å². The average Bonchev–Trinajstić information content (AvgIpc) is 2.55. The third-order valence-corrected chi connectivity index (χ3v) is 7.39. The summed E-state index contributed by atoms with van der Waals surface area (Å²) < 4.78 is 54.6. The molecule has 0 saturated heterocycles. The van der Waals surface area contributed by atoms with E-state index in [0.29, 0.717) is 10.6 Å². The maximum absolute atomic E-state index is 13.8. The summed E-state index contributed by atoms with van der Waals surface area (Å²) in [6.45, 7) is 1.64. The van der Waals surface area contributed by atoms with Crippen molar-refractivity contribution in [3.05, 3.63) is 60.7 Å². The molecular formula is C18H21F3NOP. The van der Waals surface area contributed by atoms with Crippen LogP contribution in [0.3, 0.4) is 0 Å².